The summed E-state index contributed by atoms with van der Waals surface area (Å²) in [7, 11) is -1.85. The van der Waals surface area contributed by atoms with Crippen molar-refractivity contribution in [1.29, 1.82) is 0 Å². The Labute approximate surface area is 260 Å². The highest BCUT2D eigenvalue weighted by Gasteiger charge is 2.35. The Morgan fingerprint density at radius 3 is 2.24 bits per heavy atom. The molecule has 14 heteroatoms. The predicted molar refractivity (Wildman–Crippen MR) is 167 cm³/mol. The Bertz CT molecular complexity index is 1930. The molecule has 1 saturated heterocycles. The van der Waals surface area contributed by atoms with Crippen molar-refractivity contribution < 1.29 is 22.7 Å². The van der Waals surface area contributed by atoms with Crippen LogP contribution in [0.1, 0.15) is 46.7 Å². The Balaban J connectivity index is 1.37. The number of ether oxygens (including phenoxy) is 1. The van der Waals surface area contributed by atoms with Crippen LogP contribution in [0.25, 0.3) is 22.4 Å². The minimum atomic E-state index is -3.80. The minimum Gasteiger partial charge on any atom is -0.493 e. The highest BCUT2D eigenvalue weighted by Crippen LogP contribution is 2.32. The zero-order valence-corrected chi connectivity index (χ0v) is 26.3. The zero-order chi connectivity index (χ0) is 31.9. The number of hydrogen-bond donors (Lipinski definition) is 1. The Morgan fingerprint density at radius 1 is 0.911 bits per heavy atom. The molecule has 0 unspecified atom stereocenters. The summed E-state index contributed by atoms with van der Waals surface area (Å²) >= 11 is 0. The number of nitrogens with zero attached hydrogens (tertiary/aromatic N) is 6. The van der Waals surface area contributed by atoms with Crippen LogP contribution in [-0.2, 0) is 23.0 Å². The third kappa shape index (κ3) is 5.53. The van der Waals surface area contributed by atoms with Gasteiger partial charge in [0.25, 0.3) is 17.4 Å². The lowest BCUT2D eigenvalue weighted by molar-refractivity contribution is 0.0648. The second-order valence-corrected chi connectivity index (χ2v) is 13.1. The molecule has 45 heavy (non-hydrogen) atoms. The molecule has 0 bridgehead atoms. The molecule has 6 rings (SSSR count). The fourth-order valence-corrected chi connectivity index (χ4v) is 7.24. The molecule has 0 spiro atoms. The monoisotopic (exact) mass is 633 g/mol. The highest BCUT2D eigenvalue weighted by atomic mass is 32.2. The van der Waals surface area contributed by atoms with Crippen LogP contribution < -0.4 is 10.3 Å². The first-order valence-electron chi connectivity index (χ1n) is 15.0. The maximum Gasteiger partial charge on any atom is 0.277 e. The number of imide groups is 1. The molecule has 2 aliphatic rings. The molecule has 13 nitrogen and oxygen atoms in total. The highest BCUT2D eigenvalue weighted by molar-refractivity contribution is 7.89. The summed E-state index contributed by atoms with van der Waals surface area (Å²) < 4.78 is 35.9. The van der Waals surface area contributed by atoms with Gasteiger partial charge in [0, 0.05) is 32.7 Å². The zero-order valence-electron chi connectivity index (χ0n) is 25.4. The Morgan fingerprint density at radius 2 is 1.60 bits per heavy atom. The number of piperazine rings is 1. The van der Waals surface area contributed by atoms with E-state index in [-0.39, 0.29) is 41.1 Å². The van der Waals surface area contributed by atoms with Crippen molar-refractivity contribution in [1.82, 2.24) is 33.9 Å². The quantitative estimate of drug-likeness (QED) is 0.260. The van der Waals surface area contributed by atoms with Crippen LogP contribution in [-0.4, -0.2) is 100 Å². The van der Waals surface area contributed by atoms with Crippen molar-refractivity contribution in [3.05, 3.63) is 69.6 Å². The smallest absolute Gasteiger partial charge is 0.277 e. The number of likely N-dealkylation sites (N-methyl/N-ethyl adjacent to an activating group) is 1. The standard InChI is InChI=1S/C31H35N7O6S/c1-4-8-24-26-27(38(34-24)18-17-37-30(40)21-9-6-7-10-22(21)31(37)41)29(39)33-28(32-26)23-19-20(11-12-25(23)44-5-2)45(42,43)36-15-13-35(3)14-16-36/h6-7,9-12,19H,4-5,8,13-18H2,1-3H3,(H,32,33,39). The van der Waals surface area contributed by atoms with Crippen molar-refractivity contribution in [2.75, 3.05) is 46.4 Å². The van der Waals surface area contributed by atoms with E-state index in [1.54, 1.807) is 30.3 Å². The first-order chi connectivity index (χ1) is 21.6. The van der Waals surface area contributed by atoms with Gasteiger partial charge >= 0.3 is 0 Å². The van der Waals surface area contributed by atoms with Crippen LogP contribution in [0.2, 0.25) is 0 Å². The van der Waals surface area contributed by atoms with E-state index in [2.05, 4.69) is 15.0 Å². The molecule has 0 aliphatic carbocycles. The summed E-state index contributed by atoms with van der Waals surface area (Å²) in [6.45, 7) is 6.26. The number of rotatable bonds is 10. The summed E-state index contributed by atoms with van der Waals surface area (Å²) in [5, 5.41) is 4.66. The summed E-state index contributed by atoms with van der Waals surface area (Å²) in [5.41, 5.74) is 1.72. The molecular weight excluding hydrogens is 598 g/mol. The van der Waals surface area contributed by atoms with Gasteiger partial charge in [-0.25, -0.2) is 13.4 Å². The van der Waals surface area contributed by atoms with Gasteiger partial charge in [0.05, 0.1) is 40.4 Å². The molecule has 4 aromatic rings. The van der Waals surface area contributed by atoms with Crippen LogP contribution in [0.15, 0.2) is 52.2 Å². The summed E-state index contributed by atoms with van der Waals surface area (Å²) in [5.74, 6) is -0.230. The first-order valence-corrected chi connectivity index (χ1v) is 16.5. The first kappa shape index (κ1) is 30.6. The van der Waals surface area contributed by atoms with Crippen molar-refractivity contribution in [2.24, 2.45) is 0 Å². The number of carbonyl (C=O) groups is 2. The van der Waals surface area contributed by atoms with Gasteiger partial charge in [-0.3, -0.25) is 24.0 Å². The Kier molecular flexibility index (Phi) is 8.29. The topological polar surface area (TPSA) is 151 Å². The lowest BCUT2D eigenvalue weighted by Gasteiger charge is -2.31. The number of H-pyrrole nitrogens is 1. The lowest BCUT2D eigenvalue weighted by Crippen LogP contribution is -2.47. The molecule has 2 aromatic heterocycles. The van der Waals surface area contributed by atoms with Crippen molar-refractivity contribution in [3.8, 4) is 17.1 Å². The van der Waals surface area contributed by atoms with Gasteiger partial charge in [-0.05, 0) is 50.7 Å². The predicted octanol–water partition coefficient (Wildman–Crippen LogP) is 2.37. The van der Waals surface area contributed by atoms with Crippen molar-refractivity contribution >= 4 is 32.9 Å². The fourth-order valence-electron chi connectivity index (χ4n) is 5.80. The molecule has 0 saturated carbocycles. The number of carbonyl (C=O) groups excluding carboxylic acids is 2. The molecule has 236 valence electrons. The van der Waals surface area contributed by atoms with Crippen LogP contribution >= 0.6 is 0 Å². The van der Waals surface area contributed by atoms with Gasteiger partial charge in [0.15, 0.2) is 5.52 Å². The van der Waals surface area contributed by atoms with Gasteiger partial charge < -0.3 is 14.6 Å². The number of aromatic amines is 1. The molecule has 4 heterocycles. The van der Waals surface area contributed by atoms with E-state index in [4.69, 9.17) is 9.72 Å². The van der Waals surface area contributed by atoms with E-state index in [9.17, 15) is 22.8 Å². The SMILES string of the molecule is CCCc1nn(CCN2C(=O)c3ccccc3C2=O)c2c(=O)[nH]c(-c3cc(S(=O)(=O)N4CCN(C)CC4)ccc3OCC)nc12. The van der Waals surface area contributed by atoms with Crippen molar-refractivity contribution in [2.45, 2.75) is 38.1 Å². The maximum absolute atomic E-state index is 13.7. The summed E-state index contributed by atoms with van der Waals surface area (Å²) in [6.07, 6.45) is 1.26. The number of aryl methyl sites for hydroxylation is 1. The molecule has 1 fully saturated rings. The second kappa shape index (κ2) is 12.2. The average molecular weight is 634 g/mol. The van der Waals surface area contributed by atoms with E-state index in [0.29, 0.717) is 72.9 Å². The van der Waals surface area contributed by atoms with Gasteiger partial charge in [0.1, 0.15) is 17.1 Å². The third-order valence-corrected chi connectivity index (χ3v) is 10.1. The second-order valence-electron chi connectivity index (χ2n) is 11.1. The molecular formula is C31H35N7O6S. The van der Waals surface area contributed by atoms with Crippen LogP contribution in [0, 0.1) is 0 Å². The van der Waals surface area contributed by atoms with Crippen LogP contribution in [0.3, 0.4) is 0 Å². The van der Waals surface area contributed by atoms with Gasteiger partial charge in [-0.15, -0.1) is 0 Å². The van der Waals surface area contributed by atoms with Gasteiger partial charge in [0.2, 0.25) is 10.0 Å². The number of aromatic nitrogens is 4. The van der Waals surface area contributed by atoms with E-state index in [1.165, 1.54) is 21.1 Å². The van der Waals surface area contributed by atoms with Crippen LogP contribution in [0.5, 0.6) is 5.75 Å². The Hall–Kier alpha value is -4.40. The van der Waals surface area contributed by atoms with Gasteiger partial charge in [-0.1, -0.05) is 25.5 Å². The summed E-state index contributed by atoms with van der Waals surface area (Å²) in [6, 6.07) is 11.3. The molecule has 2 aromatic carbocycles. The maximum atomic E-state index is 13.7. The van der Waals surface area contributed by atoms with E-state index in [0.717, 1.165) is 11.3 Å². The minimum absolute atomic E-state index is 0.0244. The molecule has 0 radical (unpaired) electrons. The number of fused-ring (bicyclic) bond motifs is 2. The summed E-state index contributed by atoms with van der Waals surface area (Å²) in [4.78, 5) is 50.4. The van der Waals surface area contributed by atoms with E-state index >= 15 is 0 Å². The van der Waals surface area contributed by atoms with Crippen LogP contribution in [0.4, 0.5) is 0 Å². The number of benzene rings is 2. The average Bonchev–Trinajstić information content (AvgIpc) is 3.50. The molecule has 1 N–H and O–H groups in total. The number of amides is 2. The number of sulfonamides is 1. The molecule has 0 atom stereocenters. The number of nitrogens with one attached hydrogen (secondary N) is 1. The molecule has 2 aliphatic heterocycles. The molecule has 2 amide bonds. The number of hydrogen-bond acceptors (Lipinski definition) is 9. The lowest BCUT2D eigenvalue weighted by atomic mass is 10.1. The van der Waals surface area contributed by atoms with Crippen molar-refractivity contribution in [3.63, 3.8) is 0 Å². The third-order valence-electron chi connectivity index (χ3n) is 8.17. The van der Waals surface area contributed by atoms with E-state index < -0.39 is 15.6 Å². The normalized spacial score (nSPS) is 16.1. The fraction of sp³-hybridized carbons (Fsp3) is 0.387. The van der Waals surface area contributed by atoms with E-state index in [1.807, 2.05) is 20.9 Å². The van der Waals surface area contributed by atoms with Gasteiger partial charge in [-0.2, -0.15) is 9.40 Å². The largest absolute Gasteiger partial charge is 0.493 e.